The van der Waals surface area contributed by atoms with Gasteiger partial charge in [-0.05, 0) is 0 Å². The van der Waals surface area contributed by atoms with Crippen molar-refractivity contribution in [2.75, 3.05) is 13.1 Å². The second-order valence-electron chi connectivity index (χ2n) is 2.65. The molecule has 0 aliphatic carbocycles. The summed E-state index contributed by atoms with van der Waals surface area (Å²) in [5.74, 6) is -3.33. The Kier molecular flexibility index (Phi) is 83.1. The Labute approximate surface area is 152 Å². The standard InChI is InChI=1S/C2H8N2.4C2H4O2.Na.H2O.H/c3-1-2-4;4*1-2(3)4;;;/h1-4H2;4*1H3,(H,3,4);;1H2;/q;;;;;+1;;-1. The third-order valence-electron chi connectivity index (χ3n) is 0.167. The van der Waals surface area contributed by atoms with Gasteiger partial charge < -0.3 is 38.8 Å². The van der Waals surface area contributed by atoms with Crippen LogP contribution in [0.5, 0.6) is 0 Å². The van der Waals surface area contributed by atoms with E-state index in [0.29, 0.717) is 13.1 Å². The number of carboxylic acid groups (broad SMARTS) is 4. The van der Waals surface area contributed by atoms with Crippen molar-refractivity contribution in [3.8, 4) is 0 Å². The van der Waals surface area contributed by atoms with Crippen molar-refractivity contribution >= 4 is 23.9 Å². The Hall–Kier alpha value is -1.24. The van der Waals surface area contributed by atoms with Crippen molar-refractivity contribution < 1.29 is 76.1 Å². The molecule has 11 nitrogen and oxygen atoms in total. The van der Waals surface area contributed by atoms with Crippen molar-refractivity contribution in [3.63, 3.8) is 0 Å². The molecule has 0 spiro atoms. The van der Waals surface area contributed by atoms with Crippen molar-refractivity contribution in [1.29, 1.82) is 0 Å². The van der Waals surface area contributed by atoms with Crippen molar-refractivity contribution in [3.05, 3.63) is 0 Å². The molecule has 22 heavy (non-hydrogen) atoms. The van der Waals surface area contributed by atoms with E-state index in [1.165, 1.54) is 0 Å². The Morgan fingerprint density at radius 2 is 0.727 bits per heavy atom. The first-order valence-electron chi connectivity index (χ1n) is 5.03. The quantitative estimate of drug-likeness (QED) is 0.250. The zero-order valence-corrected chi connectivity index (χ0v) is 15.5. The van der Waals surface area contributed by atoms with Gasteiger partial charge in [0.15, 0.2) is 0 Å². The summed E-state index contributed by atoms with van der Waals surface area (Å²) in [6.45, 7) is 5.53. The number of rotatable bonds is 1. The van der Waals surface area contributed by atoms with Crippen LogP contribution in [-0.4, -0.2) is 62.9 Å². The second-order valence-corrected chi connectivity index (χ2v) is 2.65. The molecule has 0 radical (unpaired) electrons. The molecule has 0 amide bonds. The maximum absolute atomic E-state index is 9.00. The first-order chi connectivity index (χ1) is 8.84. The van der Waals surface area contributed by atoms with Gasteiger partial charge in [-0.25, -0.2) is 0 Å². The predicted molar refractivity (Wildman–Crippen MR) is 76.1 cm³/mol. The number of nitrogens with two attached hydrogens (primary N) is 2. The number of carboxylic acids is 4. The van der Waals surface area contributed by atoms with E-state index in [1.807, 2.05) is 0 Å². The second kappa shape index (κ2) is 42.7. The average Bonchev–Trinajstić information content (AvgIpc) is 2.13. The van der Waals surface area contributed by atoms with Gasteiger partial charge in [0.25, 0.3) is 23.9 Å². The zero-order chi connectivity index (χ0) is 17.7. The van der Waals surface area contributed by atoms with E-state index in [4.69, 9.17) is 51.1 Å². The molecule has 0 saturated carbocycles. The molecule has 0 fully saturated rings. The van der Waals surface area contributed by atoms with Gasteiger partial charge in [0.1, 0.15) is 0 Å². The SMILES string of the molecule is CC(=O)O.CC(=O)O.CC(=O)O.CC(=O)O.NCCN.O.[H-].[Na+]. The molecular formula is C10H27N2NaO9. The largest absolute Gasteiger partial charge is 1.00 e. The molecule has 0 aromatic rings. The van der Waals surface area contributed by atoms with E-state index >= 15 is 0 Å². The molecule has 0 rings (SSSR count). The van der Waals surface area contributed by atoms with Crippen LogP contribution < -0.4 is 41.0 Å². The van der Waals surface area contributed by atoms with Crippen LogP contribution in [0.3, 0.4) is 0 Å². The van der Waals surface area contributed by atoms with Gasteiger partial charge in [-0.1, -0.05) is 0 Å². The normalized spacial score (nSPS) is 5.91. The molecule has 10 N–H and O–H groups in total. The third-order valence-corrected chi connectivity index (χ3v) is 0.167. The first kappa shape index (κ1) is 42.8. The van der Waals surface area contributed by atoms with Gasteiger partial charge in [-0.2, -0.15) is 0 Å². The topological polar surface area (TPSA) is 233 Å². The van der Waals surface area contributed by atoms with Gasteiger partial charge in [-0.15, -0.1) is 0 Å². The Morgan fingerprint density at radius 1 is 0.682 bits per heavy atom. The third kappa shape index (κ3) is 103000. The molecule has 0 aromatic carbocycles. The predicted octanol–water partition coefficient (Wildman–Crippen LogP) is -4.44. The van der Waals surface area contributed by atoms with Gasteiger partial charge in [0.2, 0.25) is 0 Å². The molecule has 0 aliphatic heterocycles. The van der Waals surface area contributed by atoms with E-state index in [-0.39, 0.29) is 36.5 Å². The van der Waals surface area contributed by atoms with Crippen LogP contribution in [0, 0.1) is 0 Å². The minimum atomic E-state index is -0.833. The molecule has 12 heteroatoms. The number of carbonyl (C=O) groups is 4. The van der Waals surface area contributed by atoms with Gasteiger partial charge in [0.05, 0.1) is 0 Å². The summed E-state index contributed by atoms with van der Waals surface area (Å²) in [7, 11) is 0. The summed E-state index contributed by atoms with van der Waals surface area (Å²) in [6.07, 6.45) is 0. The number of hydrogen-bond acceptors (Lipinski definition) is 6. The van der Waals surface area contributed by atoms with Crippen molar-refractivity contribution in [1.82, 2.24) is 0 Å². The van der Waals surface area contributed by atoms with Gasteiger partial charge in [-0.3, -0.25) is 19.2 Å². The van der Waals surface area contributed by atoms with Crippen LogP contribution in [0.1, 0.15) is 29.1 Å². The molecule has 0 aliphatic rings. The van der Waals surface area contributed by atoms with Crippen molar-refractivity contribution in [2.24, 2.45) is 11.5 Å². The fourth-order valence-electron chi connectivity index (χ4n) is 0. The summed E-state index contributed by atoms with van der Waals surface area (Å²) in [5.41, 5.74) is 9.81. The van der Waals surface area contributed by atoms with E-state index in [2.05, 4.69) is 0 Å². The smallest absolute Gasteiger partial charge is 1.00 e. The van der Waals surface area contributed by atoms with E-state index < -0.39 is 23.9 Å². The zero-order valence-electron chi connectivity index (χ0n) is 14.5. The molecule has 0 aromatic heterocycles. The van der Waals surface area contributed by atoms with Gasteiger partial charge in [0, 0.05) is 40.8 Å². The molecular weight excluding hydrogens is 315 g/mol. The van der Waals surface area contributed by atoms with E-state index in [9.17, 15) is 0 Å². The van der Waals surface area contributed by atoms with Crippen LogP contribution in [0.25, 0.3) is 0 Å². The minimum absolute atomic E-state index is 0. The maximum atomic E-state index is 9.00. The van der Waals surface area contributed by atoms with Crippen LogP contribution in [0.4, 0.5) is 0 Å². The van der Waals surface area contributed by atoms with Crippen LogP contribution >= 0.6 is 0 Å². The number of aliphatic carboxylic acids is 4. The molecule has 0 bridgehead atoms. The molecule has 132 valence electrons. The summed E-state index contributed by atoms with van der Waals surface area (Å²) < 4.78 is 0. The molecule has 0 atom stereocenters. The molecule has 0 heterocycles. The number of hydrogen-bond donors (Lipinski definition) is 6. The maximum Gasteiger partial charge on any atom is 1.00 e. The van der Waals surface area contributed by atoms with Crippen LogP contribution in [0.2, 0.25) is 0 Å². The fourth-order valence-corrected chi connectivity index (χ4v) is 0. The van der Waals surface area contributed by atoms with Gasteiger partial charge >= 0.3 is 29.6 Å². The summed E-state index contributed by atoms with van der Waals surface area (Å²) in [6, 6.07) is 0. The van der Waals surface area contributed by atoms with Crippen molar-refractivity contribution in [2.45, 2.75) is 27.7 Å². The Balaban J connectivity index is -0.0000000197. The average molecular weight is 342 g/mol. The molecule has 0 saturated heterocycles. The van der Waals surface area contributed by atoms with E-state index in [1.54, 1.807) is 0 Å². The monoisotopic (exact) mass is 342 g/mol. The first-order valence-corrected chi connectivity index (χ1v) is 5.03. The summed E-state index contributed by atoms with van der Waals surface area (Å²) in [5, 5.41) is 29.7. The Bertz CT molecular complexity index is 203. The minimum Gasteiger partial charge on any atom is -1.00 e. The summed E-state index contributed by atoms with van der Waals surface area (Å²) in [4.78, 5) is 36.0. The summed E-state index contributed by atoms with van der Waals surface area (Å²) >= 11 is 0. The Morgan fingerprint density at radius 3 is 0.727 bits per heavy atom. The van der Waals surface area contributed by atoms with Crippen LogP contribution in [-0.2, 0) is 19.2 Å². The fraction of sp³-hybridized carbons (Fsp3) is 0.600. The van der Waals surface area contributed by atoms with E-state index in [0.717, 1.165) is 27.7 Å². The molecule has 0 unspecified atom stereocenters. The van der Waals surface area contributed by atoms with Crippen LogP contribution in [0.15, 0.2) is 0 Å².